The molecule has 0 saturated heterocycles. The van der Waals surface area contributed by atoms with Crippen LogP contribution >= 0.6 is 11.3 Å². The van der Waals surface area contributed by atoms with Crippen LogP contribution in [0.15, 0.2) is 29.8 Å². The largest absolute Gasteiger partial charge is 0.322 e. The molecule has 0 bridgehead atoms. The van der Waals surface area contributed by atoms with Crippen molar-refractivity contribution in [1.82, 2.24) is 9.78 Å². The first-order valence-electron chi connectivity index (χ1n) is 4.53. The predicted molar refractivity (Wildman–Crippen MR) is 58.2 cm³/mol. The summed E-state index contributed by atoms with van der Waals surface area (Å²) in [6.45, 7) is 0. The molecule has 0 fully saturated rings. The molecule has 2 N–H and O–H groups in total. The van der Waals surface area contributed by atoms with Crippen LogP contribution in [0, 0.1) is 0 Å². The molecule has 1 atom stereocenters. The average Bonchev–Trinajstić information content (AvgIpc) is 2.75. The van der Waals surface area contributed by atoms with E-state index in [2.05, 4.69) is 16.5 Å². The van der Waals surface area contributed by atoms with Crippen LogP contribution in [0.3, 0.4) is 0 Å². The maximum Gasteiger partial charge on any atom is 0.0795 e. The maximum atomic E-state index is 6.03. The number of aryl methyl sites for hydroxylation is 1. The Balaban J connectivity index is 2.06. The highest BCUT2D eigenvalue weighted by atomic mass is 32.1. The Morgan fingerprint density at radius 3 is 3.00 bits per heavy atom. The summed E-state index contributed by atoms with van der Waals surface area (Å²) >= 11 is 1.74. The molecule has 2 heterocycles. The van der Waals surface area contributed by atoms with Gasteiger partial charge >= 0.3 is 0 Å². The van der Waals surface area contributed by atoms with E-state index in [1.54, 1.807) is 16.0 Å². The summed E-state index contributed by atoms with van der Waals surface area (Å²) in [5.41, 5.74) is 6.99. The van der Waals surface area contributed by atoms with Crippen molar-refractivity contribution in [3.05, 3.63) is 40.3 Å². The zero-order valence-corrected chi connectivity index (χ0v) is 8.87. The van der Waals surface area contributed by atoms with Gasteiger partial charge in [-0.3, -0.25) is 4.68 Å². The molecule has 4 heteroatoms. The van der Waals surface area contributed by atoms with Crippen molar-refractivity contribution >= 4 is 11.3 Å². The zero-order chi connectivity index (χ0) is 9.97. The SMILES string of the molecule is Cn1ccc(C(N)Cc2cccs2)n1. The molecule has 14 heavy (non-hydrogen) atoms. The first-order chi connectivity index (χ1) is 6.75. The zero-order valence-electron chi connectivity index (χ0n) is 8.05. The number of hydrogen-bond acceptors (Lipinski definition) is 3. The van der Waals surface area contributed by atoms with E-state index < -0.39 is 0 Å². The quantitative estimate of drug-likeness (QED) is 0.833. The minimum absolute atomic E-state index is 0.00912. The Labute approximate surface area is 87.2 Å². The lowest BCUT2D eigenvalue weighted by Crippen LogP contribution is -2.13. The smallest absolute Gasteiger partial charge is 0.0795 e. The Morgan fingerprint density at radius 1 is 1.57 bits per heavy atom. The molecule has 2 aromatic heterocycles. The van der Waals surface area contributed by atoms with Crippen molar-refractivity contribution in [1.29, 1.82) is 0 Å². The Kier molecular flexibility index (Phi) is 2.65. The Morgan fingerprint density at radius 2 is 2.43 bits per heavy atom. The number of aromatic nitrogens is 2. The first kappa shape index (κ1) is 9.43. The molecule has 0 radical (unpaired) electrons. The van der Waals surface area contributed by atoms with Gasteiger partial charge in [-0.15, -0.1) is 11.3 Å². The lowest BCUT2D eigenvalue weighted by molar-refractivity contribution is 0.661. The van der Waals surface area contributed by atoms with Gasteiger partial charge in [-0.25, -0.2) is 0 Å². The fourth-order valence-corrected chi connectivity index (χ4v) is 2.15. The number of nitrogens with zero attached hydrogens (tertiary/aromatic N) is 2. The first-order valence-corrected chi connectivity index (χ1v) is 5.41. The van der Waals surface area contributed by atoms with Crippen LogP contribution in [0.2, 0.25) is 0 Å². The van der Waals surface area contributed by atoms with E-state index in [4.69, 9.17) is 5.73 Å². The highest BCUT2D eigenvalue weighted by Crippen LogP contribution is 2.17. The molecule has 0 aliphatic carbocycles. The molecule has 0 aromatic carbocycles. The molecule has 74 valence electrons. The van der Waals surface area contributed by atoms with Gasteiger partial charge in [-0.1, -0.05) is 6.07 Å². The van der Waals surface area contributed by atoms with Crippen molar-refractivity contribution in [3.63, 3.8) is 0 Å². The highest BCUT2D eigenvalue weighted by Gasteiger charge is 2.09. The van der Waals surface area contributed by atoms with Gasteiger partial charge in [0, 0.05) is 24.5 Å². The fraction of sp³-hybridized carbons (Fsp3) is 0.300. The fourth-order valence-electron chi connectivity index (χ4n) is 1.38. The topological polar surface area (TPSA) is 43.8 Å². The average molecular weight is 207 g/mol. The van der Waals surface area contributed by atoms with E-state index in [0.29, 0.717) is 0 Å². The maximum absolute atomic E-state index is 6.03. The Hall–Kier alpha value is -1.13. The van der Waals surface area contributed by atoms with Crippen LogP contribution in [0.5, 0.6) is 0 Å². The minimum Gasteiger partial charge on any atom is -0.322 e. The lowest BCUT2D eigenvalue weighted by Gasteiger charge is -2.06. The number of hydrogen-bond donors (Lipinski definition) is 1. The number of rotatable bonds is 3. The van der Waals surface area contributed by atoms with Gasteiger partial charge < -0.3 is 5.73 Å². The van der Waals surface area contributed by atoms with E-state index in [-0.39, 0.29) is 6.04 Å². The standard InChI is InChI=1S/C10H13N3S/c1-13-5-4-10(12-13)9(11)7-8-3-2-6-14-8/h2-6,9H,7,11H2,1H3. The monoisotopic (exact) mass is 207 g/mol. The molecular formula is C10H13N3S. The summed E-state index contributed by atoms with van der Waals surface area (Å²) in [6.07, 6.45) is 2.79. The van der Waals surface area contributed by atoms with E-state index in [1.807, 2.05) is 25.4 Å². The Bertz CT molecular complexity index is 391. The summed E-state index contributed by atoms with van der Waals surface area (Å²) in [6, 6.07) is 6.13. The summed E-state index contributed by atoms with van der Waals surface area (Å²) in [4.78, 5) is 1.31. The van der Waals surface area contributed by atoms with E-state index in [1.165, 1.54) is 4.88 Å². The van der Waals surface area contributed by atoms with Gasteiger partial charge in [0.1, 0.15) is 0 Å². The van der Waals surface area contributed by atoms with Crippen LogP contribution in [-0.4, -0.2) is 9.78 Å². The van der Waals surface area contributed by atoms with Crippen LogP contribution in [0.25, 0.3) is 0 Å². The molecule has 2 aromatic rings. The molecule has 0 aliphatic heterocycles. The molecule has 0 spiro atoms. The third kappa shape index (κ3) is 2.02. The summed E-state index contributed by atoms with van der Waals surface area (Å²) in [5.74, 6) is 0. The molecule has 0 saturated carbocycles. The van der Waals surface area contributed by atoms with Crippen molar-refractivity contribution in [3.8, 4) is 0 Å². The van der Waals surface area contributed by atoms with Crippen LogP contribution in [0.4, 0.5) is 0 Å². The third-order valence-electron chi connectivity index (χ3n) is 2.12. The molecule has 3 nitrogen and oxygen atoms in total. The second-order valence-corrected chi connectivity index (χ2v) is 4.34. The third-order valence-corrected chi connectivity index (χ3v) is 3.01. The van der Waals surface area contributed by atoms with Gasteiger partial charge in [0.2, 0.25) is 0 Å². The number of thiophene rings is 1. The van der Waals surface area contributed by atoms with Crippen LogP contribution < -0.4 is 5.73 Å². The van der Waals surface area contributed by atoms with E-state index in [0.717, 1.165) is 12.1 Å². The van der Waals surface area contributed by atoms with E-state index in [9.17, 15) is 0 Å². The van der Waals surface area contributed by atoms with Crippen molar-refractivity contribution < 1.29 is 0 Å². The second kappa shape index (κ2) is 3.94. The van der Waals surface area contributed by atoms with Gasteiger partial charge in [-0.05, 0) is 17.5 Å². The summed E-state index contributed by atoms with van der Waals surface area (Å²) in [5, 5.41) is 6.36. The molecular weight excluding hydrogens is 194 g/mol. The molecule has 0 amide bonds. The van der Waals surface area contributed by atoms with Crippen molar-refractivity contribution in [2.45, 2.75) is 12.5 Å². The van der Waals surface area contributed by atoms with Crippen LogP contribution in [-0.2, 0) is 13.5 Å². The van der Waals surface area contributed by atoms with Gasteiger partial charge in [-0.2, -0.15) is 5.10 Å². The van der Waals surface area contributed by atoms with Crippen molar-refractivity contribution in [2.24, 2.45) is 12.8 Å². The number of nitrogens with two attached hydrogens (primary N) is 1. The normalized spacial score (nSPS) is 13.0. The summed E-state index contributed by atoms with van der Waals surface area (Å²) in [7, 11) is 1.90. The molecule has 0 aliphatic rings. The van der Waals surface area contributed by atoms with Crippen LogP contribution in [0.1, 0.15) is 16.6 Å². The van der Waals surface area contributed by atoms with Crippen molar-refractivity contribution in [2.75, 3.05) is 0 Å². The van der Waals surface area contributed by atoms with Gasteiger partial charge in [0.25, 0.3) is 0 Å². The molecule has 2 rings (SSSR count). The minimum atomic E-state index is 0.00912. The predicted octanol–water partition coefficient (Wildman–Crippen LogP) is 1.72. The second-order valence-electron chi connectivity index (χ2n) is 3.30. The molecule has 1 unspecified atom stereocenters. The van der Waals surface area contributed by atoms with Gasteiger partial charge in [0.15, 0.2) is 0 Å². The van der Waals surface area contributed by atoms with Gasteiger partial charge in [0.05, 0.1) is 11.7 Å². The van der Waals surface area contributed by atoms with E-state index >= 15 is 0 Å². The highest BCUT2D eigenvalue weighted by molar-refractivity contribution is 7.09. The lowest BCUT2D eigenvalue weighted by atomic mass is 10.1. The summed E-state index contributed by atoms with van der Waals surface area (Å²) < 4.78 is 1.78.